The van der Waals surface area contributed by atoms with E-state index in [-0.39, 0.29) is 6.61 Å². The summed E-state index contributed by atoms with van der Waals surface area (Å²) in [7, 11) is 0. The number of rotatable bonds is 2. The van der Waals surface area contributed by atoms with Crippen molar-refractivity contribution < 1.29 is 5.11 Å². The van der Waals surface area contributed by atoms with Crippen LogP contribution in [0, 0.1) is 0 Å². The summed E-state index contributed by atoms with van der Waals surface area (Å²) in [5, 5.41) is 13.4. The van der Waals surface area contributed by atoms with Crippen molar-refractivity contribution >= 4 is 31.9 Å². The van der Waals surface area contributed by atoms with E-state index in [0.29, 0.717) is 0 Å². The van der Waals surface area contributed by atoms with Gasteiger partial charge in [-0.3, -0.25) is 0 Å². The number of hydrogen-bond acceptors (Lipinski definition) is 2. The fourth-order valence-electron chi connectivity index (χ4n) is 1.34. The average molecular weight is 332 g/mol. The Labute approximate surface area is 104 Å². The lowest BCUT2D eigenvalue weighted by Crippen LogP contribution is -1.99. The third-order valence-electron chi connectivity index (χ3n) is 2.01. The summed E-state index contributed by atoms with van der Waals surface area (Å²) in [5.41, 5.74) is 1.71. The molecule has 0 fully saturated rings. The summed E-state index contributed by atoms with van der Waals surface area (Å²) in [4.78, 5) is 0. The lowest BCUT2D eigenvalue weighted by Gasteiger charge is -2.07. The van der Waals surface area contributed by atoms with Gasteiger partial charge in [-0.1, -0.05) is 15.9 Å². The number of nitrogens with zero attached hydrogens (tertiary/aromatic N) is 2. The molecule has 0 saturated heterocycles. The van der Waals surface area contributed by atoms with Crippen LogP contribution in [0.3, 0.4) is 0 Å². The molecule has 0 bridgehead atoms. The number of hydrogen-bond donors (Lipinski definition) is 1. The zero-order chi connectivity index (χ0) is 10.8. The fraction of sp³-hybridized carbons (Fsp3) is 0.100. The summed E-state index contributed by atoms with van der Waals surface area (Å²) < 4.78 is 3.58. The zero-order valence-electron chi connectivity index (χ0n) is 7.69. The van der Waals surface area contributed by atoms with Crippen molar-refractivity contribution in [2.75, 3.05) is 0 Å². The van der Waals surface area contributed by atoms with Crippen molar-refractivity contribution in [1.29, 1.82) is 0 Å². The second-order valence-electron chi connectivity index (χ2n) is 3.03. The quantitative estimate of drug-likeness (QED) is 0.918. The van der Waals surface area contributed by atoms with E-state index in [1.54, 1.807) is 10.9 Å². The molecule has 1 aromatic heterocycles. The Bertz CT molecular complexity index is 482. The first-order valence-electron chi connectivity index (χ1n) is 4.30. The van der Waals surface area contributed by atoms with E-state index < -0.39 is 0 Å². The van der Waals surface area contributed by atoms with Gasteiger partial charge in [0.15, 0.2) is 0 Å². The van der Waals surface area contributed by atoms with Crippen LogP contribution >= 0.6 is 31.9 Å². The molecule has 1 aromatic carbocycles. The van der Waals surface area contributed by atoms with Gasteiger partial charge >= 0.3 is 0 Å². The Morgan fingerprint density at radius 1 is 1.27 bits per heavy atom. The minimum Gasteiger partial charge on any atom is -0.392 e. The maximum atomic E-state index is 9.24. The highest BCUT2D eigenvalue weighted by atomic mass is 79.9. The van der Waals surface area contributed by atoms with Crippen LogP contribution < -0.4 is 0 Å². The van der Waals surface area contributed by atoms with Gasteiger partial charge in [0.25, 0.3) is 0 Å². The maximum absolute atomic E-state index is 9.24. The average Bonchev–Trinajstić information content (AvgIpc) is 2.64. The van der Waals surface area contributed by atoms with E-state index in [0.717, 1.165) is 20.2 Å². The molecule has 0 aliphatic rings. The van der Waals surface area contributed by atoms with E-state index >= 15 is 0 Å². The number of halogens is 2. The molecule has 0 spiro atoms. The molecule has 1 N–H and O–H groups in total. The topological polar surface area (TPSA) is 38.0 Å². The van der Waals surface area contributed by atoms with Crippen LogP contribution in [0.4, 0.5) is 0 Å². The van der Waals surface area contributed by atoms with Crippen LogP contribution in [0.15, 0.2) is 39.5 Å². The Kier molecular flexibility index (Phi) is 3.23. The molecule has 0 aliphatic carbocycles. The van der Waals surface area contributed by atoms with Crippen molar-refractivity contribution in [1.82, 2.24) is 9.78 Å². The molecule has 2 rings (SSSR count). The molecule has 5 heteroatoms. The molecule has 0 amide bonds. The van der Waals surface area contributed by atoms with Crippen LogP contribution in [0.5, 0.6) is 0 Å². The number of aliphatic hydroxyl groups is 1. The second kappa shape index (κ2) is 4.47. The maximum Gasteiger partial charge on any atom is 0.0703 e. The first-order valence-corrected chi connectivity index (χ1v) is 5.89. The van der Waals surface area contributed by atoms with E-state index in [1.165, 1.54) is 0 Å². The minimum absolute atomic E-state index is 0.00769. The van der Waals surface area contributed by atoms with Crippen molar-refractivity contribution in [2.45, 2.75) is 6.61 Å². The minimum atomic E-state index is -0.00769. The smallest absolute Gasteiger partial charge is 0.0703 e. The van der Waals surface area contributed by atoms with Gasteiger partial charge in [-0.2, -0.15) is 5.10 Å². The molecule has 0 unspecified atom stereocenters. The van der Waals surface area contributed by atoms with Gasteiger partial charge in [-0.15, -0.1) is 0 Å². The zero-order valence-corrected chi connectivity index (χ0v) is 10.9. The molecule has 2 aromatic rings. The van der Waals surface area contributed by atoms with E-state index in [4.69, 9.17) is 0 Å². The van der Waals surface area contributed by atoms with Crippen molar-refractivity contribution in [3.05, 3.63) is 45.1 Å². The summed E-state index contributed by atoms with van der Waals surface area (Å²) in [5.74, 6) is 0. The number of aromatic nitrogens is 2. The molecular formula is C10H8Br2N2O. The third kappa shape index (κ3) is 2.30. The van der Waals surface area contributed by atoms with Gasteiger partial charge in [0.1, 0.15) is 0 Å². The lowest BCUT2D eigenvalue weighted by molar-refractivity contribution is 0.281. The van der Waals surface area contributed by atoms with Gasteiger partial charge in [-0.25, -0.2) is 4.68 Å². The van der Waals surface area contributed by atoms with E-state index in [9.17, 15) is 5.11 Å². The highest BCUT2D eigenvalue weighted by Crippen LogP contribution is 2.21. The SMILES string of the molecule is OCc1cc(Br)ccc1-n1cc(Br)cn1. The predicted molar refractivity (Wildman–Crippen MR) is 64.9 cm³/mol. The third-order valence-corrected chi connectivity index (χ3v) is 2.91. The standard InChI is InChI=1S/C10H8Br2N2O/c11-8-1-2-10(7(3-8)6-15)14-5-9(12)4-13-14/h1-5,15H,6H2. The van der Waals surface area contributed by atoms with Crippen LogP contribution in [-0.2, 0) is 6.61 Å². The van der Waals surface area contributed by atoms with Gasteiger partial charge in [0.05, 0.1) is 23.0 Å². The second-order valence-corrected chi connectivity index (χ2v) is 4.87. The highest BCUT2D eigenvalue weighted by Gasteiger charge is 2.05. The Balaban J connectivity index is 2.52. The molecule has 0 atom stereocenters. The molecule has 0 aliphatic heterocycles. The summed E-state index contributed by atoms with van der Waals surface area (Å²) in [6, 6.07) is 5.71. The Hall–Kier alpha value is -0.650. The molecule has 15 heavy (non-hydrogen) atoms. The van der Waals surface area contributed by atoms with Crippen LogP contribution in [0.1, 0.15) is 5.56 Å². The van der Waals surface area contributed by atoms with Gasteiger partial charge in [-0.05, 0) is 34.1 Å². The molecule has 78 valence electrons. The molecular weight excluding hydrogens is 324 g/mol. The molecule has 0 saturated carbocycles. The fourth-order valence-corrected chi connectivity index (χ4v) is 2.03. The summed E-state index contributed by atoms with van der Waals surface area (Å²) >= 11 is 6.70. The van der Waals surface area contributed by atoms with E-state index in [1.807, 2.05) is 24.4 Å². The largest absolute Gasteiger partial charge is 0.392 e. The molecule has 3 nitrogen and oxygen atoms in total. The Morgan fingerprint density at radius 3 is 2.67 bits per heavy atom. The van der Waals surface area contributed by atoms with Crippen molar-refractivity contribution in [2.24, 2.45) is 0 Å². The normalized spacial score (nSPS) is 10.6. The summed E-state index contributed by atoms with van der Waals surface area (Å²) in [6.07, 6.45) is 3.56. The van der Waals surface area contributed by atoms with Crippen LogP contribution in [0.2, 0.25) is 0 Å². The molecule has 1 heterocycles. The van der Waals surface area contributed by atoms with Crippen LogP contribution in [0.25, 0.3) is 5.69 Å². The lowest BCUT2D eigenvalue weighted by atomic mass is 10.2. The van der Waals surface area contributed by atoms with Gasteiger partial charge < -0.3 is 5.11 Å². The monoisotopic (exact) mass is 330 g/mol. The van der Waals surface area contributed by atoms with Gasteiger partial charge in [0.2, 0.25) is 0 Å². The van der Waals surface area contributed by atoms with Crippen molar-refractivity contribution in [3.63, 3.8) is 0 Å². The predicted octanol–water partition coefficient (Wildman–Crippen LogP) is 2.89. The van der Waals surface area contributed by atoms with Crippen molar-refractivity contribution in [3.8, 4) is 5.69 Å². The summed E-state index contributed by atoms with van der Waals surface area (Å²) in [6.45, 7) is -0.00769. The Morgan fingerprint density at radius 2 is 2.07 bits per heavy atom. The number of benzene rings is 1. The first-order chi connectivity index (χ1) is 7.20. The van der Waals surface area contributed by atoms with Crippen LogP contribution in [-0.4, -0.2) is 14.9 Å². The number of aliphatic hydroxyl groups excluding tert-OH is 1. The first kappa shape index (κ1) is 10.9. The highest BCUT2D eigenvalue weighted by molar-refractivity contribution is 9.10. The van der Waals surface area contributed by atoms with E-state index in [2.05, 4.69) is 37.0 Å². The molecule has 0 radical (unpaired) electrons. The van der Waals surface area contributed by atoms with Gasteiger partial charge in [0, 0.05) is 16.2 Å².